The minimum atomic E-state index is -1.19. The minimum Gasteiger partial charge on any atom is -0.480 e. The lowest BCUT2D eigenvalue weighted by Crippen LogP contribution is -2.43. The maximum Gasteiger partial charge on any atom is 0.412 e. The Hall–Kier alpha value is -4.33. The highest BCUT2D eigenvalue weighted by atomic mass is 16.6. The van der Waals surface area contributed by atoms with Gasteiger partial charge in [0, 0.05) is 18.0 Å². The molecule has 0 unspecified atom stereocenters. The number of carbonyl (C=O) groups excluding carboxylic acids is 2. The van der Waals surface area contributed by atoms with Crippen LogP contribution in [0.1, 0.15) is 68.4 Å². The number of nitrogens with one attached hydrogen (secondary N) is 2. The van der Waals surface area contributed by atoms with Crippen LogP contribution in [0.5, 0.6) is 0 Å². The number of carbonyl (C=O) groups is 3. The van der Waals surface area contributed by atoms with Crippen LogP contribution in [0, 0.1) is 0 Å². The summed E-state index contributed by atoms with van der Waals surface area (Å²) in [5, 5.41) is 15.3. The number of rotatable bonds is 9. The molecule has 0 spiro atoms. The summed E-state index contributed by atoms with van der Waals surface area (Å²) >= 11 is 0. The van der Waals surface area contributed by atoms with Crippen LogP contribution >= 0.6 is 0 Å². The molecule has 8 nitrogen and oxygen atoms in total. The first-order valence-electron chi connectivity index (χ1n) is 14.0. The van der Waals surface area contributed by atoms with E-state index in [-0.39, 0.29) is 18.9 Å². The van der Waals surface area contributed by atoms with E-state index in [1.54, 1.807) is 32.9 Å². The predicted octanol–water partition coefficient (Wildman–Crippen LogP) is 6.69. The molecule has 3 N–H and O–H groups in total. The lowest BCUT2D eigenvalue weighted by atomic mass is 9.91. The van der Waals surface area contributed by atoms with Crippen LogP contribution in [-0.4, -0.2) is 41.5 Å². The standard InChI is InChI=1S/C33H38N2O6/c1-6-21-20(16-17-28(22(21)7-2)34-32(39)41-33(3,4)5)18-29(30(36)37)35-31(38)40-19-27-25-14-10-8-12-23(25)24-13-9-11-15-26(24)27/h8-17,27,29H,6-7,18-19H2,1-5H3,(H,34,39)(H,35,38)(H,36,37)/t29-/m0/s1. The first kappa shape index (κ1) is 29.6. The summed E-state index contributed by atoms with van der Waals surface area (Å²) in [6.45, 7) is 9.43. The van der Waals surface area contributed by atoms with E-state index in [1.165, 1.54) is 0 Å². The average Bonchev–Trinajstić information content (AvgIpc) is 3.24. The predicted molar refractivity (Wildman–Crippen MR) is 158 cm³/mol. The number of fused-ring (bicyclic) bond motifs is 3. The summed E-state index contributed by atoms with van der Waals surface area (Å²) in [5.74, 6) is -1.28. The van der Waals surface area contributed by atoms with Crippen molar-refractivity contribution in [3.8, 4) is 11.1 Å². The molecular weight excluding hydrogens is 520 g/mol. The third-order valence-corrected chi connectivity index (χ3v) is 7.23. The van der Waals surface area contributed by atoms with Gasteiger partial charge in [-0.3, -0.25) is 5.32 Å². The van der Waals surface area contributed by atoms with E-state index in [4.69, 9.17) is 9.47 Å². The van der Waals surface area contributed by atoms with Gasteiger partial charge < -0.3 is 19.9 Å². The van der Waals surface area contributed by atoms with Gasteiger partial charge in [-0.2, -0.15) is 0 Å². The molecule has 0 bridgehead atoms. The number of alkyl carbamates (subject to hydrolysis) is 1. The molecule has 0 aromatic heterocycles. The van der Waals surface area contributed by atoms with Crippen LogP contribution in [0.15, 0.2) is 60.7 Å². The fourth-order valence-electron chi connectivity index (χ4n) is 5.51. The van der Waals surface area contributed by atoms with Crippen molar-refractivity contribution < 1.29 is 29.0 Å². The molecule has 1 aliphatic carbocycles. The second-order valence-electron chi connectivity index (χ2n) is 11.1. The molecule has 0 heterocycles. The van der Waals surface area contributed by atoms with Gasteiger partial charge in [-0.1, -0.05) is 68.4 Å². The molecule has 0 radical (unpaired) electrons. The first-order chi connectivity index (χ1) is 19.5. The van der Waals surface area contributed by atoms with Crippen molar-refractivity contribution in [2.24, 2.45) is 0 Å². The van der Waals surface area contributed by atoms with Crippen molar-refractivity contribution in [3.05, 3.63) is 88.5 Å². The lowest BCUT2D eigenvalue weighted by Gasteiger charge is -2.23. The zero-order valence-electron chi connectivity index (χ0n) is 24.2. The fourth-order valence-corrected chi connectivity index (χ4v) is 5.51. The number of aliphatic carboxylic acids is 1. The van der Waals surface area contributed by atoms with Crippen LogP contribution in [0.4, 0.5) is 15.3 Å². The van der Waals surface area contributed by atoms with Crippen molar-refractivity contribution in [2.45, 2.75) is 71.4 Å². The molecule has 1 atom stereocenters. The molecule has 216 valence electrons. The summed E-state index contributed by atoms with van der Waals surface area (Å²) in [6.07, 6.45) is -0.0135. The van der Waals surface area contributed by atoms with Gasteiger partial charge in [0.05, 0.1) is 0 Å². The zero-order valence-corrected chi connectivity index (χ0v) is 24.2. The van der Waals surface area contributed by atoms with Crippen molar-refractivity contribution >= 4 is 23.8 Å². The molecular formula is C33H38N2O6. The molecule has 0 aliphatic heterocycles. The molecule has 3 aromatic carbocycles. The highest BCUT2D eigenvalue weighted by Gasteiger charge is 2.30. The molecule has 0 saturated heterocycles. The molecule has 4 rings (SSSR count). The molecule has 0 saturated carbocycles. The minimum absolute atomic E-state index is 0.0718. The van der Waals surface area contributed by atoms with Crippen LogP contribution in [0.2, 0.25) is 0 Å². The van der Waals surface area contributed by atoms with E-state index in [9.17, 15) is 19.5 Å². The van der Waals surface area contributed by atoms with Crippen molar-refractivity contribution in [1.29, 1.82) is 0 Å². The number of amides is 2. The van der Waals surface area contributed by atoms with Crippen molar-refractivity contribution in [2.75, 3.05) is 11.9 Å². The number of carboxylic acid groups (broad SMARTS) is 1. The molecule has 3 aromatic rings. The number of carboxylic acids is 1. The second-order valence-corrected chi connectivity index (χ2v) is 11.1. The smallest absolute Gasteiger partial charge is 0.412 e. The Balaban J connectivity index is 1.46. The average molecular weight is 559 g/mol. The quantitative estimate of drug-likeness (QED) is 0.270. The Morgan fingerprint density at radius 1 is 0.854 bits per heavy atom. The van der Waals surface area contributed by atoms with Crippen LogP contribution in [0.3, 0.4) is 0 Å². The third kappa shape index (κ3) is 6.88. The van der Waals surface area contributed by atoms with E-state index in [1.807, 2.05) is 50.2 Å². The Morgan fingerprint density at radius 3 is 1.98 bits per heavy atom. The molecule has 0 fully saturated rings. The maximum atomic E-state index is 12.8. The van der Waals surface area contributed by atoms with Gasteiger partial charge in [0.15, 0.2) is 0 Å². The lowest BCUT2D eigenvalue weighted by molar-refractivity contribution is -0.139. The fraction of sp³-hybridized carbons (Fsp3) is 0.364. The topological polar surface area (TPSA) is 114 Å². The summed E-state index contributed by atoms with van der Waals surface area (Å²) in [6, 6.07) is 18.4. The van der Waals surface area contributed by atoms with Crippen molar-refractivity contribution in [3.63, 3.8) is 0 Å². The normalized spacial score (nSPS) is 13.1. The van der Waals surface area contributed by atoms with Gasteiger partial charge in [0.25, 0.3) is 0 Å². The van der Waals surface area contributed by atoms with E-state index in [2.05, 4.69) is 22.8 Å². The Bertz CT molecular complexity index is 1400. The number of hydrogen-bond donors (Lipinski definition) is 3. The van der Waals surface area contributed by atoms with Crippen LogP contribution in [0.25, 0.3) is 11.1 Å². The van der Waals surface area contributed by atoms with E-state index in [0.29, 0.717) is 18.5 Å². The largest absolute Gasteiger partial charge is 0.480 e. The van der Waals surface area contributed by atoms with Crippen LogP contribution < -0.4 is 10.6 Å². The number of anilines is 1. The highest BCUT2D eigenvalue weighted by Crippen LogP contribution is 2.44. The summed E-state index contributed by atoms with van der Waals surface area (Å²) < 4.78 is 11.0. The number of benzene rings is 3. The number of ether oxygens (including phenoxy) is 2. The molecule has 8 heteroatoms. The summed E-state index contributed by atoms with van der Waals surface area (Å²) in [7, 11) is 0. The summed E-state index contributed by atoms with van der Waals surface area (Å²) in [4.78, 5) is 37.4. The van der Waals surface area contributed by atoms with Gasteiger partial charge >= 0.3 is 18.2 Å². The molecule has 2 amide bonds. The van der Waals surface area contributed by atoms with Crippen molar-refractivity contribution in [1.82, 2.24) is 5.32 Å². The SMILES string of the molecule is CCc1c(C[C@H](NC(=O)OCC2c3ccccc3-c3ccccc32)C(=O)O)ccc(NC(=O)OC(C)(C)C)c1CC. The van der Waals surface area contributed by atoms with Gasteiger partial charge in [0.2, 0.25) is 0 Å². The number of hydrogen-bond acceptors (Lipinski definition) is 5. The third-order valence-electron chi connectivity index (χ3n) is 7.23. The monoisotopic (exact) mass is 558 g/mol. The van der Waals surface area contributed by atoms with Gasteiger partial charge in [-0.25, -0.2) is 14.4 Å². The van der Waals surface area contributed by atoms with E-state index in [0.717, 1.165) is 38.9 Å². The van der Waals surface area contributed by atoms with Gasteiger partial charge in [0.1, 0.15) is 18.2 Å². The second kappa shape index (κ2) is 12.5. The Morgan fingerprint density at radius 2 is 1.44 bits per heavy atom. The highest BCUT2D eigenvalue weighted by molar-refractivity contribution is 5.87. The Labute approximate surface area is 241 Å². The van der Waals surface area contributed by atoms with E-state index >= 15 is 0 Å². The van der Waals surface area contributed by atoms with Gasteiger partial charge in [-0.05, 0) is 78.6 Å². The maximum absolute atomic E-state index is 12.8. The Kier molecular flexibility index (Phi) is 9.01. The van der Waals surface area contributed by atoms with E-state index < -0.39 is 29.8 Å². The summed E-state index contributed by atoms with van der Waals surface area (Å²) in [5.41, 5.74) is 7.00. The van der Waals surface area contributed by atoms with Crippen LogP contribution in [-0.2, 0) is 33.5 Å². The molecule has 1 aliphatic rings. The van der Waals surface area contributed by atoms with Gasteiger partial charge in [-0.15, -0.1) is 0 Å². The molecule has 41 heavy (non-hydrogen) atoms. The zero-order chi connectivity index (χ0) is 29.7. The first-order valence-corrected chi connectivity index (χ1v) is 14.0.